The molecule has 1 aromatic heterocycles. The molecule has 1 amide bonds. The molecule has 0 aliphatic carbocycles. The van der Waals surface area contributed by atoms with Crippen LogP contribution in [0.2, 0.25) is 0 Å². The number of hydrogen-bond donors (Lipinski definition) is 0. The molecule has 0 bridgehead atoms. The van der Waals surface area contributed by atoms with E-state index in [9.17, 15) is 9.59 Å². The minimum absolute atomic E-state index is 0.0965. The third-order valence-electron chi connectivity index (χ3n) is 3.02. The van der Waals surface area contributed by atoms with E-state index in [0.29, 0.717) is 13.0 Å². The van der Waals surface area contributed by atoms with E-state index in [1.807, 2.05) is 20.8 Å². The van der Waals surface area contributed by atoms with Gasteiger partial charge in [-0.1, -0.05) is 5.21 Å². The fourth-order valence-electron chi connectivity index (χ4n) is 2.23. The van der Waals surface area contributed by atoms with Gasteiger partial charge in [0.05, 0.1) is 6.20 Å². The highest BCUT2D eigenvalue weighted by Crippen LogP contribution is 2.21. The second-order valence-corrected chi connectivity index (χ2v) is 5.88. The first-order valence-electron chi connectivity index (χ1n) is 6.73. The van der Waals surface area contributed by atoms with Crippen molar-refractivity contribution in [2.75, 3.05) is 6.54 Å². The van der Waals surface area contributed by atoms with E-state index in [0.717, 1.165) is 6.42 Å². The largest absolute Gasteiger partial charge is 0.458 e. The Morgan fingerprint density at radius 3 is 2.75 bits per heavy atom. The summed E-state index contributed by atoms with van der Waals surface area (Å²) in [6.07, 6.45) is 4.60. The summed E-state index contributed by atoms with van der Waals surface area (Å²) in [5, 5.41) is 7.41. The van der Waals surface area contributed by atoms with Crippen LogP contribution in [-0.2, 0) is 20.9 Å². The fourth-order valence-corrected chi connectivity index (χ4v) is 2.23. The Morgan fingerprint density at radius 2 is 2.15 bits per heavy atom. The zero-order valence-electron chi connectivity index (χ0n) is 12.1. The number of esters is 1. The van der Waals surface area contributed by atoms with Gasteiger partial charge in [-0.05, 0) is 33.6 Å². The Balaban J connectivity index is 1.99. The van der Waals surface area contributed by atoms with Gasteiger partial charge in [-0.25, -0.2) is 9.48 Å². The maximum atomic E-state index is 12.2. The summed E-state index contributed by atoms with van der Waals surface area (Å²) in [5.74, 6) is -0.467. The predicted molar refractivity (Wildman–Crippen MR) is 70.6 cm³/mol. The molecular weight excluding hydrogens is 260 g/mol. The monoisotopic (exact) mass is 280 g/mol. The van der Waals surface area contributed by atoms with Gasteiger partial charge in [0, 0.05) is 12.7 Å². The maximum absolute atomic E-state index is 12.2. The smallest absolute Gasteiger partial charge is 0.329 e. The van der Waals surface area contributed by atoms with Crippen LogP contribution in [0, 0.1) is 0 Å². The third-order valence-corrected chi connectivity index (χ3v) is 3.02. The number of nitrogens with zero attached hydrogens (tertiary/aromatic N) is 4. The number of aromatic nitrogens is 3. The molecule has 2 heterocycles. The minimum atomic E-state index is -0.541. The van der Waals surface area contributed by atoms with Crippen LogP contribution in [0.1, 0.15) is 33.6 Å². The summed E-state index contributed by atoms with van der Waals surface area (Å²) in [7, 11) is 0. The van der Waals surface area contributed by atoms with E-state index in [-0.39, 0.29) is 18.4 Å². The average molecular weight is 280 g/mol. The van der Waals surface area contributed by atoms with Gasteiger partial charge >= 0.3 is 5.97 Å². The molecule has 1 aromatic rings. The summed E-state index contributed by atoms with van der Waals surface area (Å²) in [6.45, 7) is 6.14. The van der Waals surface area contributed by atoms with Crippen molar-refractivity contribution in [1.29, 1.82) is 0 Å². The molecule has 1 aliphatic heterocycles. The van der Waals surface area contributed by atoms with E-state index in [4.69, 9.17) is 4.74 Å². The lowest BCUT2D eigenvalue weighted by atomic mass is 10.1. The van der Waals surface area contributed by atoms with Crippen molar-refractivity contribution in [3.63, 3.8) is 0 Å². The van der Waals surface area contributed by atoms with Crippen LogP contribution in [0.4, 0.5) is 0 Å². The van der Waals surface area contributed by atoms with Gasteiger partial charge in [0.1, 0.15) is 18.2 Å². The van der Waals surface area contributed by atoms with E-state index in [2.05, 4.69) is 10.3 Å². The Morgan fingerprint density at radius 1 is 1.40 bits per heavy atom. The number of carbonyl (C=O) groups is 2. The molecule has 1 saturated heterocycles. The van der Waals surface area contributed by atoms with Crippen LogP contribution in [0.25, 0.3) is 0 Å². The van der Waals surface area contributed by atoms with Crippen LogP contribution in [0.15, 0.2) is 12.4 Å². The van der Waals surface area contributed by atoms with Gasteiger partial charge in [0.2, 0.25) is 5.91 Å². The Labute approximate surface area is 117 Å². The first-order chi connectivity index (χ1) is 9.37. The van der Waals surface area contributed by atoms with Crippen molar-refractivity contribution >= 4 is 11.9 Å². The second kappa shape index (κ2) is 5.60. The predicted octanol–water partition coefficient (Wildman–Crippen LogP) is 0.611. The van der Waals surface area contributed by atoms with E-state index in [1.54, 1.807) is 11.1 Å². The van der Waals surface area contributed by atoms with Crippen molar-refractivity contribution in [2.24, 2.45) is 0 Å². The highest BCUT2D eigenvalue weighted by atomic mass is 16.6. The van der Waals surface area contributed by atoms with E-state index in [1.165, 1.54) is 10.9 Å². The van der Waals surface area contributed by atoms with Crippen molar-refractivity contribution in [3.8, 4) is 0 Å². The topological polar surface area (TPSA) is 77.3 Å². The molecule has 0 saturated carbocycles. The Hall–Kier alpha value is -1.92. The molecule has 110 valence electrons. The molecule has 0 aromatic carbocycles. The van der Waals surface area contributed by atoms with Crippen molar-refractivity contribution in [3.05, 3.63) is 12.4 Å². The molecule has 0 unspecified atom stereocenters. The van der Waals surface area contributed by atoms with Crippen molar-refractivity contribution in [1.82, 2.24) is 19.9 Å². The number of likely N-dealkylation sites (tertiary alicyclic amines) is 1. The van der Waals surface area contributed by atoms with Crippen molar-refractivity contribution in [2.45, 2.75) is 51.8 Å². The summed E-state index contributed by atoms with van der Waals surface area (Å²) < 4.78 is 6.82. The Bertz CT molecular complexity index is 478. The van der Waals surface area contributed by atoms with Crippen LogP contribution < -0.4 is 0 Å². The lowest BCUT2D eigenvalue weighted by Gasteiger charge is -2.27. The average Bonchev–Trinajstić information content (AvgIpc) is 2.96. The summed E-state index contributed by atoms with van der Waals surface area (Å²) >= 11 is 0. The van der Waals surface area contributed by atoms with Crippen molar-refractivity contribution < 1.29 is 14.3 Å². The zero-order chi connectivity index (χ0) is 14.8. The second-order valence-electron chi connectivity index (χ2n) is 5.88. The molecular formula is C13H20N4O3. The molecule has 1 atom stereocenters. The molecule has 0 spiro atoms. The van der Waals surface area contributed by atoms with Crippen LogP contribution >= 0.6 is 0 Å². The first kappa shape index (κ1) is 14.5. The molecule has 7 nitrogen and oxygen atoms in total. The molecule has 0 N–H and O–H groups in total. The molecule has 7 heteroatoms. The summed E-state index contributed by atoms with van der Waals surface area (Å²) in [6, 6.07) is -0.481. The quantitative estimate of drug-likeness (QED) is 0.758. The maximum Gasteiger partial charge on any atom is 0.329 e. The SMILES string of the molecule is CC(C)(C)OC(=O)[C@@H]1CCCN1C(=O)Cn1ccnn1. The molecule has 1 fully saturated rings. The van der Waals surface area contributed by atoms with E-state index < -0.39 is 11.6 Å². The normalized spacial score (nSPS) is 19.1. The standard InChI is InChI=1S/C13H20N4O3/c1-13(2,3)20-12(19)10-5-4-7-17(10)11(18)9-16-8-6-14-15-16/h6,8,10H,4-5,7,9H2,1-3H3/t10-/m0/s1. The highest BCUT2D eigenvalue weighted by Gasteiger charge is 2.36. The third kappa shape index (κ3) is 3.55. The van der Waals surface area contributed by atoms with Crippen LogP contribution in [-0.4, -0.2) is 50.0 Å². The van der Waals surface area contributed by atoms with Gasteiger partial charge in [-0.15, -0.1) is 5.10 Å². The highest BCUT2D eigenvalue weighted by molar-refractivity contribution is 5.85. The molecule has 20 heavy (non-hydrogen) atoms. The van der Waals surface area contributed by atoms with Crippen LogP contribution in [0.3, 0.4) is 0 Å². The van der Waals surface area contributed by atoms with Crippen LogP contribution in [0.5, 0.6) is 0 Å². The molecule has 2 rings (SSSR count). The number of ether oxygens (including phenoxy) is 1. The number of amides is 1. The number of carbonyl (C=O) groups excluding carboxylic acids is 2. The molecule has 0 radical (unpaired) electrons. The van der Waals surface area contributed by atoms with Gasteiger partial charge in [0.15, 0.2) is 0 Å². The van der Waals surface area contributed by atoms with E-state index >= 15 is 0 Å². The first-order valence-corrected chi connectivity index (χ1v) is 6.73. The fraction of sp³-hybridized carbons (Fsp3) is 0.692. The number of rotatable bonds is 3. The lowest BCUT2D eigenvalue weighted by molar-refractivity contribution is -0.163. The number of hydrogen-bond acceptors (Lipinski definition) is 5. The van der Waals surface area contributed by atoms with Gasteiger partial charge in [-0.3, -0.25) is 4.79 Å². The summed E-state index contributed by atoms with van der Waals surface area (Å²) in [4.78, 5) is 25.9. The lowest BCUT2D eigenvalue weighted by Crippen LogP contribution is -2.44. The Kier molecular flexibility index (Phi) is 4.06. The molecule has 1 aliphatic rings. The zero-order valence-corrected chi connectivity index (χ0v) is 12.1. The van der Waals surface area contributed by atoms with Gasteiger partial charge in [0.25, 0.3) is 0 Å². The minimum Gasteiger partial charge on any atom is -0.458 e. The summed E-state index contributed by atoms with van der Waals surface area (Å²) in [5.41, 5.74) is -0.541. The van der Waals surface area contributed by atoms with Gasteiger partial charge < -0.3 is 9.64 Å². The van der Waals surface area contributed by atoms with Gasteiger partial charge in [-0.2, -0.15) is 0 Å².